The number of halogens is 5. The number of aryl methyl sites for hydroxylation is 1. The van der Waals surface area contributed by atoms with E-state index in [1.54, 1.807) is 30.3 Å². The van der Waals surface area contributed by atoms with E-state index in [1.807, 2.05) is 40.8 Å². The first-order chi connectivity index (χ1) is 24.9. The second kappa shape index (κ2) is 15.3. The smallest absolute Gasteiger partial charge is 0.416 e. The molecule has 0 spiro atoms. The predicted octanol–water partition coefficient (Wildman–Crippen LogP) is 7.25. The Morgan fingerprint density at radius 2 is 1.63 bits per heavy atom. The van der Waals surface area contributed by atoms with Gasteiger partial charge in [0.1, 0.15) is 29.5 Å². The summed E-state index contributed by atoms with van der Waals surface area (Å²) in [6.45, 7) is 2.47. The molecule has 272 valence electrons. The van der Waals surface area contributed by atoms with E-state index in [4.69, 9.17) is 14.2 Å². The van der Waals surface area contributed by atoms with E-state index in [-0.39, 0.29) is 28.8 Å². The molecule has 10 nitrogen and oxygen atoms in total. The van der Waals surface area contributed by atoms with Crippen LogP contribution in [0.4, 0.5) is 27.6 Å². The van der Waals surface area contributed by atoms with Gasteiger partial charge >= 0.3 is 6.18 Å². The summed E-state index contributed by atoms with van der Waals surface area (Å²) >= 11 is 0. The van der Waals surface area contributed by atoms with Crippen LogP contribution in [0, 0.1) is 0 Å². The summed E-state index contributed by atoms with van der Waals surface area (Å²) in [4.78, 5) is 34.6. The third-order valence-corrected chi connectivity index (χ3v) is 8.59. The van der Waals surface area contributed by atoms with Crippen molar-refractivity contribution in [2.75, 3.05) is 45.2 Å². The molecule has 1 aliphatic heterocycles. The van der Waals surface area contributed by atoms with Gasteiger partial charge in [0.25, 0.3) is 18.2 Å². The first kappa shape index (κ1) is 36.1. The molecule has 0 aliphatic carbocycles. The van der Waals surface area contributed by atoms with Crippen molar-refractivity contribution in [3.05, 3.63) is 107 Å². The summed E-state index contributed by atoms with van der Waals surface area (Å²) in [7, 11) is 2.99. The highest BCUT2D eigenvalue weighted by atomic mass is 19.4. The molecule has 1 fully saturated rings. The maximum Gasteiger partial charge on any atom is 0.416 e. The van der Waals surface area contributed by atoms with Gasteiger partial charge in [-0.05, 0) is 60.2 Å². The van der Waals surface area contributed by atoms with Crippen LogP contribution in [0.15, 0.2) is 85.1 Å². The molecule has 1 aliphatic rings. The highest BCUT2D eigenvalue weighted by Gasteiger charge is 2.32. The molecule has 2 aromatic heterocycles. The van der Waals surface area contributed by atoms with Crippen LogP contribution in [0.3, 0.4) is 0 Å². The Morgan fingerprint density at radius 3 is 2.29 bits per heavy atom. The van der Waals surface area contributed by atoms with E-state index in [0.717, 1.165) is 34.7 Å². The van der Waals surface area contributed by atoms with Gasteiger partial charge in [0.05, 0.1) is 35.6 Å². The van der Waals surface area contributed by atoms with E-state index in [9.17, 15) is 31.5 Å². The van der Waals surface area contributed by atoms with Gasteiger partial charge in [0.15, 0.2) is 0 Å². The molecule has 0 atom stereocenters. The number of fused-ring (bicyclic) bond motifs is 1. The molecular formula is C37H34F5N5O5. The number of pyridine rings is 1. The van der Waals surface area contributed by atoms with Crippen molar-refractivity contribution in [2.24, 2.45) is 7.05 Å². The van der Waals surface area contributed by atoms with Crippen molar-refractivity contribution in [1.82, 2.24) is 19.4 Å². The number of nitrogens with one attached hydrogen (secondary N) is 1. The Kier molecular flexibility index (Phi) is 10.6. The van der Waals surface area contributed by atoms with Crippen LogP contribution in [0.2, 0.25) is 0 Å². The van der Waals surface area contributed by atoms with Crippen molar-refractivity contribution in [3.63, 3.8) is 0 Å². The zero-order chi connectivity index (χ0) is 37.0. The lowest BCUT2D eigenvalue weighted by molar-refractivity contribution is -0.137. The SMILES string of the molecule is COc1cc(C(F)(F)F)ccc1C(=O)Nc1ccc(Oc2ccc3cc(C(=O)N4CCN(Cc5ccc(OCC(F)F)cc5)CC4)n(C)c3c2)nc1. The molecule has 1 saturated heterocycles. The van der Waals surface area contributed by atoms with E-state index < -0.39 is 30.7 Å². The molecule has 0 unspecified atom stereocenters. The van der Waals surface area contributed by atoms with Crippen LogP contribution in [0.5, 0.6) is 23.1 Å². The number of carbonyl (C=O) groups excluding carboxylic acids is 2. The van der Waals surface area contributed by atoms with Crippen LogP contribution >= 0.6 is 0 Å². The Balaban J connectivity index is 1.04. The van der Waals surface area contributed by atoms with E-state index in [0.29, 0.717) is 49.9 Å². The number of ether oxygens (including phenoxy) is 3. The zero-order valence-corrected chi connectivity index (χ0v) is 28.1. The number of piperazine rings is 1. The summed E-state index contributed by atoms with van der Waals surface area (Å²) in [5.74, 6) is 0.106. The minimum atomic E-state index is -4.58. The van der Waals surface area contributed by atoms with Crippen molar-refractivity contribution < 1.29 is 45.8 Å². The molecule has 52 heavy (non-hydrogen) atoms. The Hall–Kier alpha value is -5.70. The minimum absolute atomic E-state index is 0.0748. The monoisotopic (exact) mass is 723 g/mol. The van der Waals surface area contributed by atoms with Crippen LogP contribution in [0.1, 0.15) is 32.0 Å². The van der Waals surface area contributed by atoms with Gasteiger partial charge in [-0.3, -0.25) is 14.5 Å². The molecule has 2 amide bonds. The lowest BCUT2D eigenvalue weighted by atomic mass is 10.1. The number of aromatic nitrogens is 2. The van der Waals surface area contributed by atoms with Crippen molar-refractivity contribution in [3.8, 4) is 23.1 Å². The molecule has 15 heteroatoms. The van der Waals surface area contributed by atoms with Crippen LogP contribution in [0.25, 0.3) is 10.9 Å². The maximum atomic E-state index is 13.6. The number of anilines is 1. The summed E-state index contributed by atoms with van der Waals surface area (Å²) in [5.41, 5.74) is 1.60. The topological polar surface area (TPSA) is 98.2 Å². The van der Waals surface area contributed by atoms with Gasteiger partial charge in [0, 0.05) is 57.3 Å². The highest BCUT2D eigenvalue weighted by Crippen LogP contribution is 2.34. The minimum Gasteiger partial charge on any atom is -0.496 e. The van der Waals surface area contributed by atoms with Crippen molar-refractivity contribution in [1.29, 1.82) is 0 Å². The fraction of sp³-hybridized carbons (Fsp3) is 0.270. The molecule has 6 rings (SSSR count). The van der Waals surface area contributed by atoms with Gasteiger partial charge < -0.3 is 29.0 Å². The summed E-state index contributed by atoms with van der Waals surface area (Å²) in [6, 6.07) is 20.0. The number of amides is 2. The second-order valence-electron chi connectivity index (χ2n) is 12.1. The number of benzene rings is 3. The molecule has 1 N–H and O–H groups in total. The lowest BCUT2D eigenvalue weighted by Crippen LogP contribution is -2.48. The number of hydrogen-bond acceptors (Lipinski definition) is 7. The van der Waals surface area contributed by atoms with Gasteiger partial charge in [-0.1, -0.05) is 12.1 Å². The number of hydrogen-bond donors (Lipinski definition) is 1. The average molecular weight is 724 g/mol. The quantitative estimate of drug-likeness (QED) is 0.144. The van der Waals surface area contributed by atoms with Crippen LogP contribution < -0.4 is 19.5 Å². The lowest BCUT2D eigenvalue weighted by Gasteiger charge is -2.34. The molecular weight excluding hydrogens is 689 g/mol. The van der Waals surface area contributed by atoms with Crippen LogP contribution in [-0.4, -0.2) is 77.5 Å². The van der Waals surface area contributed by atoms with E-state index >= 15 is 0 Å². The number of methoxy groups -OCH3 is 1. The number of nitrogens with zero attached hydrogens (tertiary/aromatic N) is 4. The molecule has 0 saturated carbocycles. The Labute approximate surface area is 295 Å². The number of rotatable bonds is 11. The fourth-order valence-corrected chi connectivity index (χ4v) is 5.85. The molecule has 0 bridgehead atoms. The summed E-state index contributed by atoms with van der Waals surface area (Å²) in [5, 5.41) is 3.44. The third-order valence-electron chi connectivity index (χ3n) is 8.59. The first-order valence-electron chi connectivity index (χ1n) is 16.2. The second-order valence-corrected chi connectivity index (χ2v) is 12.1. The molecule has 3 heterocycles. The normalized spacial score (nSPS) is 13.7. The van der Waals surface area contributed by atoms with Gasteiger partial charge in [-0.15, -0.1) is 0 Å². The Morgan fingerprint density at radius 1 is 0.904 bits per heavy atom. The first-order valence-corrected chi connectivity index (χ1v) is 16.2. The molecule has 3 aromatic carbocycles. The highest BCUT2D eigenvalue weighted by molar-refractivity contribution is 6.06. The fourth-order valence-electron chi connectivity index (χ4n) is 5.85. The maximum absolute atomic E-state index is 13.6. The largest absolute Gasteiger partial charge is 0.496 e. The van der Waals surface area contributed by atoms with Crippen LogP contribution in [-0.2, 0) is 19.8 Å². The van der Waals surface area contributed by atoms with E-state index in [2.05, 4.69) is 15.2 Å². The van der Waals surface area contributed by atoms with Crippen molar-refractivity contribution >= 4 is 28.4 Å². The predicted molar refractivity (Wildman–Crippen MR) is 182 cm³/mol. The number of carbonyl (C=O) groups is 2. The third kappa shape index (κ3) is 8.42. The van der Waals surface area contributed by atoms with Gasteiger partial charge in [-0.25, -0.2) is 13.8 Å². The van der Waals surface area contributed by atoms with Gasteiger partial charge in [-0.2, -0.15) is 13.2 Å². The molecule has 5 aromatic rings. The van der Waals surface area contributed by atoms with Gasteiger partial charge in [0.2, 0.25) is 5.88 Å². The summed E-state index contributed by atoms with van der Waals surface area (Å²) < 4.78 is 81.8. The number of alkyl halides is 5. The van der Waals surface area contributed by atoms with E-state index in [1.165, 1.54) is 19.4 Å². The average Bonchev–Trinajstić information content (AvgIpc) is 3.46. The zero-order valence-electron chi connectivity index (χ0n) is 28.1. The standard InChI is InChI=1S/C37H34F5N5O5/c1-45-30-19-28(52-34-12-7-26(20-43-34)44-35(48)29-11-6-25(37(40,41)42)18-32(29)50-2)10-5-24(30)17-31(45)36(49)47-15-13-46(14-16-47)21-23-3-8-27(9-4-23)51-22-33(38)39/h3-12,17-20,33H,13-16,21-22H2,1-2H3,(H,44,48). The summed E-state index contributed by atoms with van der Waals surface area (Å²) in [6.07, 6.45) is -5.76. The van der Waals surface area contributed by atoms with Crippen molar-refractivity contribution in [2.45, 2.75) is 19.1 Å². The Bertz CT molecular complexity index is 2040. The molecule has 0 radical (unpaired) electrons.